The minimum absolute atomic E-state index is 0.174. The average molecular weight is 86.2 g/mol. The van der Waals surface area contributed by atoms with E-state index in [1.165, 1.54) is 0 Å². The molecule has 0 aliphatic rings. The first-order valence-electron chi connectivity index (χ1n) is 3.31. The summed E-state index contributed by atoms with van der Waals surface area (Å²) < 4.78 is 14.1. The van der Waals surface area contributed by atoms with Crippen LogP contribution in [0.2, 0.25) is 0 Å². The summed E-state index contributed by atoms with van der Waals surface area (Å²) in [5.74, 6) is 0. The third kappa shape index (κ3) is 3.74. The van der Waals surface area contributed by atoms with Gasteiger partial charge in [0.05, 0.1) is 1.37 Å². The van der Waals surface area contributed by atoms with Crippen molar-refractivity contribution < 1.29 is 2.74 Å². The molecule has 0 spiro atoms. The Morgan fingerprint density at radius 1 is 2.00 bits per heavy atom. The van der Waals surface area contributed by atoms with Crippen molar-refractivity contribution in [2.45, 2.75) is 26.7 Å². The number of rotatable bonds is 2. The van der Waals surface area contributed by atoms with E-state index < -0.39 is 0 Å². The highest BCUT2D eigenvalue weighted by molar-refractivity contribution is 4.75. The molecule has 0 aromatic rings. The second kappa shape index (κ2) is 4.74. The van der Waals surface area contributed by atoms with Crippen molar-refractivity contribution in [3.63, 3.8) is 0 Å². The van der Waals surface area contributed by atoms with Crippen LogP contribution in [-0.4, -0.2) is 0 Å². The Labute approximate surface area is 42.7 Å². The quantitative estimate of drug-likeness (QED) is 0.452. The summed E-state index contributed by atoms with van der Waals surface area (Å²) in [5, 5.41) is 0. The smallest absolute Gasteiger partial charge is 0.0569 e. The predicted octanol–water partition coefficient (Wildman–Crippen LogP) is 2.36. The van der Waals surface area contributed by atoms with E-state index in [9.17, 15) is 0 Å². The SMILES string of the molecule is [2H]C(C)=CC([2H])CC. The van der Waals surface area contributed by atoms with Crippen molar-refractivity contribution in [1.29, 1.82) is 0 Å². The van der Waals surface area contributed by atoms with Crippen LogP contribution in [-0.2, 0) is 0 Å². The molecule has 0 heteroatoms. The van der Waals surface area contributed by atoms with E-state index >= 15 is 0 Å². The maximum Gasteiger partial charge on any atom is 0.0569 e. The lowest BCUT2D eigenvalue weighted by Gasteiger charge is -1.76. The van der Waals surface area contributed by atoms with Gasteiger partial charge in [-0.25, -0.2) is 0 Å². The van der Waals surface area contributed by atoms with Crippen molar-refractivity contribution >= 4 is 0 Å². The summed E-state index contributed by atoms with van der Waals surface area (Å²) in [6.07, 6.45) is 2.27. The number of allylic oxidation sites excluding steroid dienone is 2. The van der Waals surface area contributed by atoms with Gasteiger partial charge in [-0.1, -0.05) is 25.5 Å². The normalized spacial score (nSPS) is 22.0. The van der Waals surface area contributed by atoms with Gasteiger partial charge in [-0.05, 0) is 13.3 Å². The zero-order chi connectivity index (χ0) is 6.57. The van der Waals surface area contributed by atoms with Crippen LogP contribution < -0.4 is 0 Å². The minimum atomic E-state index is -0.174. The van der Waals surface area contributed by atoms with Gasteiger partial charge in [0.1, 0.15) is 0 Å². The van der Waals surface area contributed by atoms with Crippen LogP contribution in [0.4, 0.5) is 0 Å². The largest absolute Gasteiger partial charge is 0.0917 e. The topological polar surface area (TPSA) is 0 Å². The highest BCUT2D eigenvalue weighted by Gasteiger charge is 1.64. The first-order valence-corrected chi connectivity index (χ1v) is 2.24. The highest BCUT2D eigenvalue weighted by atomic mass is 13.7. The molecule has 0 aliphatic carbocycles. The van der Waals surface area contributed by atoms with Gasteiger partial charge in [0, 0.05) is 1.37 Å². The lowest BCUT2D eigenvalue weighted by atomic mass is 10.3. The lowest BCUT2D eigenvalue weighted by molar-refractivity contribution is 0.957. The van der Waals surface area contributed by atoms with Crippen LogP contribution in [0.5, 0.6) is 0 Å². The molecule has 6 heavy (non-hydrogen) atoms. The Morgan fingerprint density at radius 3 is 2.83 bits per heavy atom. The molecule has 36 valence electrons. The van der Waals surface area contributed by atoms with Crippen LogP contribution in [0.15, 0.2) is 12.1 Å². The Hall–Kier alpha value is -0.260. The number of hydrogen-bond donors (Lipinski definition) is 0. The van der Waals surface area contributed by atoms with Gasteiger partial charge in [-0.3, -0.25) is 0 Å². The highest BCUT2D eigenvalue weighted by Crippen LogP contribution is 1.85. The molecule has 0 aromatic carbocycles. The Bertz CT molecular complexity index is 82.5. The van der Waals surface area contributed by atoms with E-state index in [-0.39, 0.29) is 6.40 Å². The van der Waals surface area contributed by atoms with Crippen molar-refractivity contribution in [2.24, 2.45) is 0 Å². The van der Waals surface area contributed by atoms with E-state index in [4.69, 9.17) is 2.74 Å². The predicted molar refractivity (Wildman–Crippen MR) is 29.7 cm³/mol. The van der Waals surface area contributed by atoms with Crippen LogP contribution in [0.25, 0.3) is 0 Å². The summed E-state index contributed by atoms with van der Waals surface area (Å²) in [4.78, 5) is 0. The van der Waals surface area contributed by atoms with E-state index in [0.717, 1.165) is 6.42 Å². The maximum atomic E-state index is 7.15. The van der Waals surface area contributed by atoms with E-state index in [1.807, 2.05) is 6.92 Å². The summed E-state index contributed by atoms with van der Waals surface area (Å²) >= 11 is 0. The molecule has 0 aliphatic heterocycles. The Balaban J connectivity index is 3.51. The fourth-order valence-electron chi connectivity index (χ4n) is 0.236. The van der Waals surface area contributed by atoms with E-state index in [0.29, 0.717) is 6.05 Å². The zero-order valence-corrected chi connectivity index (χ0v) is 4.36. The second-order valence-electron chi connectivity index (χ2n) is 1.10. The van der Waals surface area contributed by atoms with Crippen molar-refractivity contribution in [2.75, 3.05) is 0 Å². The molecule has 0 nitrogen and oxygen atoms in total. The Kier molecular flexibility index (Phi) is 2.24. The molecule has 0 rings (SSSR count). The summed E-state index contributed by atoms with van der Waals surface area (Å²) in [5.41, 5.74) is 0. The van der Waals surface area contributed by atoms with Gasteiger partial charge in [0.25, 0.3) is 0 Å². The molecule has 0 saturated carbocycles. The van der Waals surface area contributed by atoms with Gasteiger partial charge in [0.15, 0.2) is 0 Å². The van der Waals surface area contributed by atoms with Crippen LogP contribution in [0.3, 0.4) is 0 Å². The van der Waals surface area contributed by atoms with Crippen LogP contribution >= 0.6 is 0 Å². The molecule has 1 atom stereocenters. The molecule has 0 aromatic heterocycles. The molecular weight excluding hydrogens is 72.1 g/mol. The van der Waals surface area contributed by atoms with Crippen molar-refractivity contribution in [3.05, 3.63) is 12.1 Å². The second-order valence-corrected chi connectivity index (χ2v) is 1.10. The van der Waals surface area contributed by atoms with Gasteiger partial charge < -0.3 is 0 Å². The lowest BCUT2D eigenvalue weighted by Crippen LogP contribution is -1.55. The third-order valence-electron chi connectivity index (χ3n) is 0.520. The summed E-state index contributed by atoms with van der Waals surface area (Å²) in [6.45, 7) is 3.63. The van der Waals surface area contributed by atoms with Crippen LogP contribution in [0.1, 0.15) is 29.4 Å². The fourth-order valence-corrected chi connectivity index (χ4v) is 0.236. The molecule has 0 N–H and O–H groups in total. The molecular formula is C6H12. The molecule has 0 saturated heterocycles. The first kappa shape index (κ1) is 2.84. The minimum Gasteiger partial charge on any atom is -0.0917 e. The summed E-state index contributed by atoms with van der Waals surface area (Å²) in [6, 6.07) is 0.492. The monoisotopic (exact) mass is 86.1 g/mol. The molecule has 0 amide bonds. The van der Waals surface area contributed by atoms with Gasteiger partial charge in [-0.2, -0.15) is 0 Å². The number of hydrogen-bond acceptors (Lipinski definition) is 0. The van der Waals surface area contributed by atoms with Gasteiger partial charge in [-0.15, -0.1) is 0 Å². The molecule has 0 radical (unpaired) electrons. The van der Waals surface area contributed by atoms with Gasteiger partial charge in [0.2, 0.25) is 0 Å². The molecule has 0 heterocycles. The zero-order valence-electron chi connectivity index (χ0n) is 6.36. The van der Waals surface area contributed by atoms with Crippen molar-refractivity contribution in [1.82, 2.24) is 0 Å². The molecule has 0 bridgehead atoms. The van der Waals surface area contributed by atoms with E-state index in [1.54, 1.807) is 13.0 Å². The van der Waals surface area contributed by atoms with Crippen molar-refractivity contribution in [3.8, 4) is 0 Å². The maximum absolute atomic E-state index is 7.15. The summed E-state index contributed by atoms with van der Waals surface area (Å²) in [7, 11) is 0. The van der Waals surface area contributed by atoms with Crippen LogP contribution in [0, 0.1) is 0 Å². The standard InChI is InChI=1S/C6H12/c1-3-5-6-4-2/h3,5H,4,6H2,1-2H3/i3D,6D. The molecule has 1 unspecified atom stereocenters. The van der Waals surface area contributed by atoms with Gasteiger partial charge >= 0.3 is 0 Å². The third-order valence-corrected chi connectivity index (χ3v) is 0.520. The fraction of sp³-hybridized carbons (Fsp3) is 0.667. The molecule has 0 fully saturated rings. The Morgan fingerprint density at radius 2 is 2.67 bits per heavy atom. The van der Waals surface area contributed by atoms with E-state index in [2.05, 4.69) is 0 Å². The average Bonchev–Trinajstić information content (AvgIpc) is 1.65. The first-order chi connectivity index (χ1) is 3.66.